The molecule has 2 aromatic heterocycles. The predicted molar refractivity (Wildman–Crippen MR) is 86.5 cm³/mol. The minimum absolute atomic E-state index is 0.0600. The van der Waals surface area contributed by atoms with Crippen molar-refractivity contribution in [2.45, 2.75) is 12.8 Å². The van der Waals surface area contributed by atoms with Crippen molar-refractivity contribution in [3.8, 4) is 0 Å². The standard InChI is InChI=1S/C16H17N5O2/c1-21-13-6-3-2-5-11(13)20-15(21)7-4-8-17-14-10-18-12(9-19-14)16(22)23/h2-3,5-6,9-10H,4,7-8H2,1H3,(H,17,19)(H,22,23). The maximum Gasteiger partial charge on any atom is 0.356 e. The minimum atomic E-state index is -1.08. The molecule has 0 aliphatic carbocycles. The lowest BCUT2D eigenvalue weighted by Gasteiger charge is -2.05. The summed E-state index contributed by atoms with van der Waals surface area (Å²) in [5.41, 5.74) is 2.08. The van der Waals surface area contributed by atoms with E-state index in [1.807, 2.05) is 25.2 Å². The second kappa shape index (κ2) is 6.43. The van der Waals surface area contributed by atoms with Crippen molar-refractivity contribution in [2.75, 3.05) is 11.9 Å². The van der Waals surface area contributed by atoms with Crippen molar-refractivity contribution in [3.63, 3.8) is 0 Å². The average Bonchev–Trinajstić information content (AvgIpc) is 2.89. The highest BCUT2D eigenvalue weighted by molar-refractivity contribution is 5.84. The van der Waals surface area contributed by atoms with Gasteiger partial charge in [0.25, 0.3) is 0 Å². The number of carboxylic acids is 1. The lowest BCUT2D eigenvalue weighted by molar-refractivity contribution is 0.0690. The summed E-state index contributed by atoms with van der Waals surface area (Å²) < 4.78 is 2.11. The number of benzene rings is 1. The summed E-state index contributed by atoms with van der Waals surface area (Å²) in [6.45, 7) is 0.713. The fourth-order valence-electron chi connectivity index (χ4n) is 2.41. The Morgan fingerprint density at radius 3 is 2.78 bits per heavy atom. The molecule has 7 heteroatoms. The molecule has 3 aromatic rings. The molecule has 23 heavy (non-hydrogen) atoms. The van der Waals surface area contributed by atoms with Crippen LogP contribution in [-0.4, -0.2) is 37.1 Å². The monoisotopic (exact) mass is 311 g/mol. The fourth-order valence-corrected chi connectivity index (χ4v) is 2.41. The van der Waals surface area contributed by atoms with Gasteiger partial charge in [0.2, 0.25) is 0 Å². The third-order valence-corrected chi connectivity index (χ3v) is 3.63. The zero-order chi connectivity index (χ0) is 16.2. The summed E-state index contributed by atoms with van der Waals surface area (Å²) in [5.74, 6) is 0.534. The van der Waals surface area contributed by atoms with Crippen molar-refractivity contribution in [1.29, 1.82) is 0 Å². The van der Waals surface area contributed by atoms with Crippen LogP contribution in [0.3, 0.4) is 0 Å². The number of aryl methyl sites for hydroxylation is 2. The van der Waals surface area contributed by atoms with Gasteiger partial charge in [-0.25, -0.2) is 19.7 Å². The van der Waals surface area contributed by atoms with Crippen LogP contribution in [0.2, 0.25) is 0 Å². The summed E-state index contributed by atoms with van der Waals surface area (Å²) >= 11 is 0. The van der Waals surface area contributed by atoms with E-state index >= 15 is 0 Å². The van der Waals surface area contributed by atoms with Crippen LogP contribution in [0, 0.1) is 0 Å². The first-order valence-electron chi connectivity index (χ1n) is 7.34. The lowest BCUT2D eigenvalue weighted by atomic mass is 10.3. The first-order chi connectivity index (χ1) is 11.1. The molecule has 0 radical (unpaired) electrons. The molecule has 0 spiro atoms. The summed E-state index contributed by atoms with van der Waals surface area (Å²) in [7, 11) is 2.02. The molecular formula is C16H17N5O2. The number of fused-ring (bicyclic) bond motifs is 1. The molecule has 7 nitrogen and oxygen atoms in total. The molecule has 2 heterocycles. The molecule has 0 amide bonds. The van der Waals surface area contributed by atoms with Crippen LogP contribution in [0.5, 0.6) is 0 Å². The number of nitrogens with one attached hydrogen (secondary N) is 1. The quantitative estimate of drug-likeness (QED) is 0.677. The van der Waals surface area contributed by atoms with Crippen LogP contribution >= 0.6 is 0 Å². The number of hydrogen-bond acceptors (Lipinski definition) is 5. The Bertz CT molecular complexity index is 826. The molecule has 0 aliphatic rings. The molecule has 118 valence electrons. The van der Waals surface area contributed by atoms with Gasteiger partial charge in [0.15, 0.2) is 5.69 Å². The lowest BCUT2D eigenvalue weighted by Crippen LogP contribution is -2.08. The Morgan fingerprint density at radius 2 is 2.09 bits per heavy atom. The van der Waals surface area contributed by atoms with Gasteiger partial charge >= 0.3 is 5.97 Å². The number of anilines is 1. The van der Waals surface area contributed by atoms with Gasteiger partial charge in [-0.15, -0.1) is 0 Å². The smallest absolute Gasteiger partial charge is 0.356 e. The predicted octanol–water partition coefficient (Wildman–Crippen LogP) is 2.11. The maximum absolute atomic E-state index is 10.7. The van der Waals surface area contributed by atoms with Crippen LogP contribution in [0.4, 0.5) is 5.82 Å². The molecule has 0 fully saturated rings. The highest BCUT2D eigenvalue weighted by Gasteiger charge is 2.07. The number of aromatic carboxylic acids is 1. The normalized spacial score (nSPS) is 10.8. The Hall–Kier alpha value is -2.96. The van der Waals surface area contributed by atoms with E-state index in [0.29, 0.717) is 12.4 Å². The SMILES string of the molecule is Cn1c(CCCNc2cnc(C(=O)O)cn2)nc2ccccc21. The van der Waals surface area contributed by atoms with E-state index < -0.39 is 5.97 Å². The average molecular weight is 311 g/mol. The molecule has 3 rings (SSSR count). The van der Waals surface area contributed by atoms with Gasteiger partial charge in [-0.3, -0.25) is 0 Å². The van der Waals surface area contributed by atoms with Gasteiger partial charge in [-0.1, -0.05) is 12.1 Å². The molecule has 0 bridgehead atoms. The number of nitrogens with zero attached hydrogens (tertiary/aromatic N) is 4. The molecule has 0 saturated carbocycles. The first kappa shape index (κ1) is 15.0. The van der Waals surface area contributed by atoms with E-state index in [9.17, 15) is 4.79 Å². The van der Waals surface area contributed by atoms with Gasteiger partial charge < -0.3 is 15.0 Å². The van der Waals surface area contributed by atoms with E-state index in [4.69, 9.17) is 5.11 Å². The van der Waals surface area contributed by atoms with Crippen molar-refractivity contribution in [2.24, 2.45) is 7.05 Å². The highest BCUT2D eigenvalue weighted by Crippen LogP contribution is 2.15. The van der Waals surface area contributed by atoms with Gasteiger partial charge in [0.1, 0.15) is 11.6 Å². The van der Waals surface area contributed by atoms with Crippen molar-refractivity contribution >= 4 is 22.8 Å². The second-order valence-electron chi connectivity index (χ2n) is 5.20. The van der Waals surface area contributed by atoms with E-state index in [1.54, 1.807) is 0 Å². The number of imidazole rings is 1. The largest absolute Gasteiger partial charge is 0.476 e. The Morgan fingerprint density at radius 1 is 1.26 bits per heavy atom. The number of aromatic nitrogens is 4. The summed E-state index contributed by atoms with van der Waals surface area (Å²) in [4.78, 5) is 23.2. The second-order valence-corrected chi connectivity index (χ2v) is 5.20. The molecule has 2 N–H and O–H groups in total. The van der Waals surface area contributed by atoms with Crippen LogP contribution in [0.25, 0.3) is 11.0 Å². The molecule has 0 unspecified atom stereocenters. The summed E-state index contributed by atoms with van der Waals surface area (Å²) in [5, 5.41) is 11.9. The van der Waals surface area contributed by atoms with Gasteiger partial charge in [-0.05, 0) is 18.6 Å². The Kier molecular flexibility index (Phi) is 4.18. The summed E-state index contributed by atoms with van der Waals surface area (Å²) in [6, 6.07) is 8.06. The molecular weight excluding hydrogens is 294 g/mol. The van der Waals surface area contributed by atoms with E-state index in [1.165, 1.54) is 12.4 Å². The zero-order valence-electron chi connectivity index (χ0n) is 12.7. The van der Waals surface area contributed by atoms with Crippen molar-refractivity contribution < 1.29 is 9.90 Å². The van der Waals surface area contributed by atoms with Crippen molar-refractivity contribution in [3.05, 3.63) is 48.2 Å². The molecule has 1 aromatic carbocycles. The molecule has 0 saturated heterocycles. The number of rotatable bonds is 6. The van der Waals surface area contributed by atoms with Crippen LogP contribution < -0.4 is 5.32 Å². The number of para-hydroxylation sites is 2. The van der Waals surface area contributed by atoms with E-state index in [-0.39, 0.29) is 5.69 Å². The number of hydrogen-bond donors (Lipinski definition) is 2. The van der Waals surface area contributed by atoms with Gasteiger partial charge in [-0.2, -0.15) is 0 Å². The van der Waals surface area contributed by atoms with E-state index in [0.717, 1.165) is 29.7 Å². The van der Waals surface area contributed by atoms with Crippen molar-refractivity contribution in [1.82, 2.24) is 19.5 Å². The molecule has 0 aliphatic heterocycles. The first-order valence-corrected chi connectivity index (χ1v) is 7.34. The summed E-state index contributed by atoms with van der Waals surface area (Å²) in [6.07, 6.45) is 4.41. The Balaban J connectivity index is 1.54. The topological polar surface area (TPSA) is 92.9 Å². The van der Waals surface area contributed by atoms with E-state index in [2.05, 4.69) is 30.9 Å². The third kappa shape index (κ3) is 3.28. The van der Waals surface area contributed by atoms with Gasteiger partial charge in [0, 0.05) is 20.0 Å². The Labute approximate surface area is 133 Å². The molecule has 0 atom stereocenters. The third-order valence-electron chi connectivity index (χ3n) is 3.63. The van der Waals surface area contributed by atoms with Gasteiger partial charge in [0.05, 0.1) is 23.4 Å². The fraction of sp³-hybridized carbons (Fsp3) is 0.250. The van der Waals surface area contributed by atoms with Crippen LogP contribution in [0.15, 0.2) is 36.7 Å². The number of carboxylic acid groups (broad SMARTS) is 1. The number of carbonyl (C=O) groups is 1. The van der Waals surface area contributed by atoms with Crippen LogP contribution in [-0.2, 0) is 13.5 Å². The zero-order valence-corrected chi connectivity index (χ0v) is 12.7. The maximum atomic E-state index is 10.7. The minimum Gasteiger partial charge on any atom is -0.476 e. The van der Waals surface area contributed by atoms with Crippen LogP contribution in [0.1, 0.15) is 22.7 Å². The highest BCUT2D eigenvalue weighted by atomic mass is 16.4.